The van der Waals surface area contributed by atoms with Gasteiger partial charge < -0.3 is 5.73 Å². The summed E-state index contributed by atoms with van der Waals surface area (Å²) in [5.41, 5.74) is 9.28. The molecule has 1 saturated heterocycles. The van der Waals surface area contributed by atoms with Crippen molar-refractivity contribution in [2.24, 2.45) is 4.99 Å². The maximum Gasteiger partial charge on any atom is 0.251 e. The molecule has 0 saturated carbocycles. The second-order valence-electron chi connectivity index (χ2n) is 7.64. The number of amides is 1. The van der Waals surface area contributed by atoms with E-state index in [9.17, 15) is 4.79 Å². The standard InChI is InChI=1S/C21H26N6O/c1-14(2)27-11-9-26(10-12-27)13-15-5-3-4-6-16(15)19-17-7-8-18(28)23-20(17)25-21(22)24-19/h3-7,14H,8-13H2,1-2H3,(H2,22,23,25,28). The monoisotopic (exact) mass is 378 g/mol. The summed E-state index contributed by atoms with van der Waals surface area (Å²) in [6.07, 6.45) is 2.13. The molecule has 0 radical (unpaired) electrons. The van der Waals surface area contributed by atoms with Crippen molar-refractivity contribution < 1.29 is 4.79 Å². The average molecular weight is 378 g/mol. The summed E-state index contributed by atoms with van der Waals surface area (Å²) in [6.45, 7) is 9.63. The van der Waals surface area contributed by atoms with Crippen molar-refractivity contribution in [3.8, 4) is 11.3 Å². The number of aromatic nitrogens is 2. The first-order valence-corrected chi connectivity index (χ1v) is 9.81. The quantitative estimate of drug-likeness (QED) is 0.838. The normalized spacial score (nSPS) is 17.9. The van der Waals surface area contributed by atoms with Crippen LogP contribution in [0.3, 0.4) is 0 Å². The minimum absolute atomic E-state index is 0.140. The summed E-state index contributed by atoms with van der Waals surface area (Å²) in [5, 5.41) is 0.797. The number of rotatable bonds is 4. The molecule has 2 aliphatic rings. The van der Waals surface area contributed by atoms with E-state index in [0.717, 1.165) is 49.2 Å². The number of fused-ring (bicyclic) bond motifs is 1. The van der Waals surface area contributed by atoms with Crippen LogP contribution in [0.5, 0.6) is 0 Å². The van der Waals surface area contributed by atoms with E-state index in [0.29, 0.717) is 11.5 Å². The van der Waals surface area contributed by atoms with Crippen molar-refractivity contribution in [1.82, 2.24) is 19.8 Å². The smallest absolute Gasteiger partial charge is 0.251 e. The number of nitrogens with zero attached hydrogens (tertiary/aromatic N) is 5. The largest absolute Gasteiger partial charge is 0.368 e. The summed E-state index contributed by atoms with van der Waals surface area (Å²) in [6, 6.07) is 8.85. The first-order chi connectivity index (χ1) is 13.5. The number of nitrogen functional groups attached to an aromatic ring is 1. The zero-order chi connectivity index (χ0) is 19.7. The molecule has 2 N–H and O–H groups in total. The predicted molar refractivity (Wildman–Crippen MR) is 109 cm³/mol. The molecule has 2 aliphatic heterocycles. The molecule has 1 aromatic carbocycles. The Morgan fingerprint density at radius 1 is 1.11 bits per heavy atom. The molecule has 7 heteroatoms. The molecule has 28 heavy (non-hydrogen) atoms. The Morgan fingerprint density at radius 2 is 1.86 bits per heavy atom. The van der Waals surface area contributed by atoms with Crippen molar-refractivity contribution in [3.05, 3.63) is 40.5 Å². The minimum atomic E-state index is -0.201. The summed E-state index contributed by atoms with van der Waals surface area (Å²) in [5.74, 6) is -0.0613. The average Bonchev–Trinajstić information content (AvgIpc) is 2.68. The summed E-state index contributed by atoms with van der Waals surface area (Å²) >= 11 is 0. The molecule has 0 unspecified atom stereocenters. The second kappa shape index (κ2) is 7.77. The molecule has 1 fully saturated rings. The van der Waals surface area contributed by atoms with Crippen LogP contribution < -0.4 is 16.4 Å². The van der Waals surface area contributed by atoms with Crippen LogP contribution in [0.25, 0.3) is 17.3 Å². The SMILES string of the molecule is CC(C)N1CCN(Cc2ccccc2-c2nc(N)nc3c2=CCC(=O)N=3)CC1. The molecular formula is C21H26N6O. The van der Waals surface area contributed by atoms with Crippen molar-refractivity contribution in [2.75, 3.05) is 31.9 Å². The number of nitrogens with two attached hydrogens (primary N) is 1. The molecule has 2 aromatic rings. The zero-order valence-electron chi connectivity index (χ0n) is 16.4. The molecule has 0 spiro atoms. The number of carbonyl (C=O) groups excluding carboxylic acids is 1. The molecule has 3 heterocycles. The predicted octanol–water partition coefficient (Wildman–Crippen LogP) is 0.582. The van der Waals surface area contributed by atoms with Gasteiger partial charge in [-0.25, -0.2) is 4.98 Å². The molecule has 0 atom stereocenters. The molecule has 4 rings (SSSR count). The fourth-order valence-corrected chi connectivity index (χ4v) is 3.87. The van der Waals surface area contributed by atoms with Crippen molar-refractivity contribution in [1.29, 1.82) is 0 Å². The first kappa shape index (κ1) is 18.7. The third-order valence-corrected chi connectivity index (χ3v) is 5.46. The lowest BCUT2D eigenvalue weighted by Gasteiger charge is -2.37. The van der Waals surface area contributed by atoms with E-state index in [1.54, 1.807) is 0 Å². The molecule has 1 aromatic heterocycles. The van der Waals surface area contributed by atoms with Crippen molar-refractivity contribution in [3.63, 3.8) is 0 Å². The Hall–Kier alpha value is -2.64. The van der Waals surface area contributed by atoms with Crippen LogP contribution in [0.15, 0.2) is 29.3 Å². The van der Waals surface area contributed by atoms with Gasteiger partial charge in [-0.1, -0.05) is 30.3 Å². The number of carbonyl (C=O) groups is 1. The highest BCUT2D eigenvalue weighted by atomic mass is 16.1. The first-order valence-electron chi connectivity index (χ1n) is 9.81. The maximum atomic E-state index is 11.7. The van der Waals surface area contributed by atoms with Crippen LogP contribution >= 0.6 is 0 Å². The van der Waals surface area contributed by atoms with E-state index in [1.165, 1.54) is 5.56 Å². The van der Waals surface area contributed by atoms with Crippen LogP contribution in [-0.2, 0) is 11.3 Å². The number of piperazine rings is 1. The van der Waals surface area contributed by atoms with Gasteiger partial charge in [0.25, 0.3) is 5.91 Å². The Labute approximate surface area is 164 Å². The lowest BCUT2D eigenvalue weighted by molar-refractivity contribution is -0.117. The Balaban J connectivity index is 1.67. The van der Waals surface area contributed by atoms with Gasteiger partial charge in [0.2, 0.25) is 5.95 Å². The molecule has 146 valence electrons. The van der Waals surface area contributed by atoms with E-state index >= 15 is 0 Å². The molecule has 1 amide bonds. The van der Waals surface area contributed by atoms with E-state index in [1.807, 2.05) is 12.1 Å². The van der Waals surface area contributed by atoms with Crippen LogP contribution in [0.4, 0.5) is 5.95 Å². The van der Waals surface area contributed by atoms with Crippen LogP contribution in [0, 0.1) is 0 Å². The number of benzene rings is 1. The van der Waals surface area contributed by atoms with Gasteiger partial charge in [0.15, 0.2) is 5.49 Å². The van der Waals surface area contributed by atoms with Gasteiger partial charge in [0.05, 0.1) is 5.69 Å². The van der Waals surface area contributed by atoms with Crippen LogP contribution in [0.1, 0.15) is 25.8 Å². The van der Waals surface area contributed by atoms with E-state index < -0.39 is 0 Å². The highest BCUT2D eigenvalue weighted by Crippen LogP contribution is 2.22. The van der Waals surface area contributed by atoms with E-state index in [2.05, 4.69) is 56.8 Å². The van der Waals surface area contributed by atoms with Crippen LogP contribution in [0.2, 0.25) is 0 Å². The van der Waals surface area contributed by atoms with Gasteiger partial charge >= 0.3 is 0 Å². The van der Waals surface area contributed by atoms with Gasteiger partial charge in [-0.3, -0.25) is 14.6 Å². The van der Waals surface area contributed by atoms with E-state index in [-0.39, 0.29) is 18.3 Å². The van der Waals surface area contributed by atoms with Crippen LogP contribution in [-0.4, -0.2) is 57.9 Å². The molecule has 0 aliphatic carbocycles. The molecule has 7 nitrogen and oxygen atoms in total. The third kappa shape index (κ3) is 3.81. The van der Waals surface area contributed by atoms with Gasteiger partial charge in [-0.05, 0) is 19.4 Å². The van der Waals surface area contributed by atoms with Gasteiger partial charge in [-0.2, -0.15) is 9.98 Å². The highest BCUT2D eigenvalue weighted by Gasteiger charge is 2.20. The zero-order valence-corrected chi connectivity index (χ0v) is 16.4. The van der Waals surface area contributed by atoms with Crippen molar-refractivity contribution >= 4 is 17.9 Å². The summed E-state index contributed by atoms with van der Waals surface area (Å²) in [4.78, 5) is 29.4. The topological polar surface area (TPSA) is 87.7 Å². The fraction of sp³-hybridized carbons (Fsp3) is 0.429. The van der Waals surface area contributed by atoms with Gasteiger partial charge in [0.1, 0.15) is 0 Å². The Kier molecular flexibility index (Phi) is 5.19. The number of anilines is 1. The maximum absolute atomic E-state index is 11.7. The lowest BCUT2D eigenvalue weighted by Crippen LogP contribution is -2.48. The van der Waals surface area contributed by atoms with Gasteiger partial charge in [0, 0.05) is 56.0 Å². The number of hydrogen-bond donors (Lipinski definition) is 1. The van der Waals surface area contributed by atoms with Gasteiger partial charge in [-0.15, -0.1) is 0 Å². The van der Waals surface area contributed by atoms with E-state index in [4.69, 9.17) is 5.73 Å². The number of hydrogen-bond acceptors (Lipinski definition) is 6. The third-order valence-electron chi connectivity index (χ3n) is 5.46. The van der Waals surface area contributed by atoms with Crippen molar-refractivity contribution in [2.45, 2.75) is 32.9 Å². The minimum Gasteiger partial charge on any atom is -0.368 e. The summed E-state index contributed by atoms with van der Waals surface area (Å²) in [7, 11) is 0. The molecular weight excluding hydrogens is 352 g/mol. The Bertz CT molecular complexity index is 1010. The second-order valence-corrected chi connectivity index (χ2v) is 7.64. The Morgan fingerprint density at radius 3 is 2.61 bits per heavy atom. The molecule has 0 bridgehead atoms. The fourth-order valence-electron chi connectivity index (χ4n) is 3.87. The summed E-state index contributed by atoms with van der Waals surface area (Å²) < 4.78 is 0. The highest BCUT2D eigenvalue weighted by molar-refractivity contribution is 5.84. The lowest BCUT2D eigenvalue weighted by atomic mass is 10.0.